The first kappa shape index (κ1) is 12.7. The topological polar surface area (TPSA) is 67.0 Å². The Hall–Kier alpha value is -1.75. The molecule has 2 rings (SSSR count). The Morgan fingerprint density at radius 3 is 2.72 bits per heavy atom. The van der Waals surface area contributed by atoms with Crippen LogP contribution in [-0.4, -0.2) is 34.1 Å². The molecule has 1 aromatic carbocycles. The highest BCUT2D eigenvalue weighted by Gasteiger charge is 2.08. The molecular formula is C13H20N4O. The molecule has 0 unspecified atom stereocenters. The van der Waals surface area contributed by atoms with Gasteiger partial charge < -0.3 is 15.6 Å². The van der Waals surface area contributed by atoms with Gasteiger partial charge in [0.25, 0.3) is 0 Å². The van der Waals surface area contributed by atoms with Crippen molar-refractivity contribution >= 4 is 16.7 Å². The van der Waals surface area contributed by atoms with Crippen molar-refractivity contribution in [3.63, 3.8) is 0 Å². The van der Waals surface area contributed by atoms with Crippen LogP contribution in [0.4, 0.5) is 5.69 Å². The van der Waals surface area contributed by atoms with E-state index in [9.17, 15) is 4.79 Å². The summed E-state index contributed by atoms with van der Waals surface area (Å²) in [6.45, 7) is 7.79. The van der Waals surface area contributed by atoms with Gasteiger partial charge in [0, 0.05) is 18.8 Å². The third-order valence-electron chi connectivity index (χ3n) is 3.33. The molecule has 3 N–H and O–H groups in total. The molecule has 5 heteroatoms. The van der Waals surface area contributed by atoms with E-state index in [1.165, 1.54) is 0 Å². The monoisotopic (exact) mass is 248 g/mol. The zero-order valence-electron chi connectivity index (χ0n) is 10.9. The number of benzene rings is 1. The van der Waals surface area contributed by atoms with Crippen molar-refractivity contribution in [2.24, 2.45) is 0 Å². The molecule has 0 atom stereocenters. The average Bonchev–Trinajstić information content (AvgIpc) is 2.66. The molecule has 0 saturated carbocycles. The van der Waals surface area contributed by atoms with Crippen LogP contribution in [0.15, 0.2) is 23.0 Å². The van der Waals surface area contributed by atoms with Crippen molar-refractivity contribution in [1.82, 2.24) is 14.5 Å². The van der Waals surface area contributed by atoms with Crippen LogP contribution < -0.4 is 11.4 Å². The Bertz CT molecular complexity index is 580. The third kappa shape index (κ3) is 2.41. The van der Waals surface area contributed by atoms with E-state index < -0.39 is 0 Å². The minimum Gasteiger partial charge on any atom is -0.399 e. The maximum atomic E-state index is 11.9. The van der Waals surface area contributed by atoms with E-state index in [-0.39, 0.29) is 5.69 Å². The maximum absolute atomic E-state index is 11.9. The smallest absolute Gasteiger partial charge is 0.326 e. The Morgan fingerprint density at radius 1 is 1.33 bits per heavy atom. The van der Waals surface area contributed by atoms with Crippen molar-refractivity contribution in [3.8, 4) is 0 Å². The maximum Gasteiger partial charge on any atom is 0.326 e. The molecule has 0 fully saturated rings. The number of fused-ring (bicyclic) bond motifs is 1. The Morgan fingerprint density at radius 2 is 2.06 bits per heavy atom. The fourth-order valence-corrected chi connectivity index (χ4v) is 2.17. The van der Waals surface area contributed by atoms with E-state index in [1.54, 1.807) is 10.6 Å². The molecule has 0 aliphatic heterocycles. The SMILES string of the molecule is CCN(CC)CCn1c(=O)[nH]c2ccc(N)cc21. The summed E-state index contributed by atoms with van der Waals surface area (Å²) in [5.74, 6) is 0. The van der Waals surface area contributed by atoms with Crippen LogP contribution in [0.5, 0.6) is 0 Å². The van der Waals surface area contributed by atoms with Gasteiger partial charge in [0.2, 0.25) is 0 Å². The lowest BCUT2D eigenvalue weighted by Gasteiger charge is -2.17. The number of nitrogens with zero attached hydrogens (tertiary/aromatic N) is 2. The van der Waals surface area contributed by atoms with Gasteiger partial charge in [-0.2, -0.15) is 0 Å². The van der Waals surface area contributed by atoms with Crippen molar-refractivity contribution in [3.05, 3.63) is 28.7 Å². The summed E-state index contributed by atoms with van der Waals surface area (Å²) in [6, 6.07) is 5.49. The van der Waals surface area contributed by atoms with Gasteiger partial charge in [-0.3, -0.25) is 4.57 Å². The van der Waals surface area contributed by atoms with Crippen molar-refractivity contribution < 1.29 is 0 Å². The molecule has 2 aromatic rings. The number of nitrogens with two attached hydrogens (primary N) is 1. The summed E-state index contributed by atoms with van der Waals surface area (Å²) < 4.78 is 1.75. The molecule has 18 heavy (non-hydrogen) atoms. The van der Waals surface area contributed by atoms with E-state index in [2.05, 4.69) is 23.7 Å². The number of H-pyrrole nitrogens is 1. The number of anilines is 1. The number of nitrogens with one attached hydrogen (secondary N) is 1. The van der Waals surface area contributed by atoms with E-state index in [4.69, 9.17) is 5.73 Å². The van der Waals surface area contributed by atoms with Gasteiger partial charge in [0.05, 0.1) is 11.0 Å². The second-order valence-electron chi connectivity index (χ2n) is 4.39. The van der Waals surface area contributed by atoms with Gasteiger partial charge in [0.1, 0.15) is 0 Å². The summed E-state index contributed by atoms with van der Waals surface area (Å²) >= 11 is 0. The summed E-state index contributed by atoms with van der Waals surface area (Å²) in [5.41, 5.74) is 8.11. The highest BCUT2D eigenvalue weighted by Crippen LogP contribution is 2.14. The number of hydrogen-bond acceptors (Lipinski definition) is 3. The van der Waals surface area contributed by atoms with E-state index in [0.29, 0.717) is 12.2 Å². The van der Waals surface area contributed by atoms with Crippen LogP contribution in [0, 0.1) is 0 Å². The number of hydrogen-bond donors (Lipinski definition) is 2. The Labute approximate surface area is 106 Å². The van der Waals surface area contributed by atoms with Gasteiger partial charge in [-0.05, 0) is 31.3 Å². The van der Waals surface area contributed by atoms with Crippen molar-refractivity contribution in [2.45, 2.75) is 20.4 Å². The highest BCUT2D eigenvalue weighted by atomic mass is 16.1. The quantitative estimate of drug-likeness (QED) is 0.783. The van der Waals surface area contributed by atoms with Crippen molar-refractivity contribution in [1.29, 1.82) is 0 Å². The fourth-order valence-electron chi connectivity index (χ4n) is 2.17. The summed E-state index contributed by atoms with van der Waals surface area (Å²) in [4.78, 5) is 17.0. The zero-order chi connectivity index (χ0) is 13.1. The molecule has 0 spiro atoms. The van der Waals surface area contributed by atoms with Crippen LogP contribution >= 0.6 is 0 Å². The zero-order valence-corrected chi connectivity index (χ0v) is 10.9. The molecule has 1 aromatic heterocycles. The standard InChI is InChI=1S/C13H20N4O/c1-3-16(4-2)7-8-17-12-9-10(14)5-6-11(12)15-13(17)18/h5-6,9H,3-4,7-8,14H2,1-2H3,(H,15,18). The van der Waals surface area contributed by atoms with E-state index in [1.807, 2.05) is 12.1 Å². The molecule has 0 saturated heterocycles. The minimum atomic E-state index is -0.0669. The van der Waals surface area contributed by atoms with Crippen LogP contribution in [0.2, 0.25) is 0 Å². The van der Waals surface area contributed by atoms with Gasteiger partial charge in [-0.15, -0.1) is 0 Å². The summed E-state index contributed by atoms with van der Waals surface area (Å²) in [6.07, 6.45) is 0. The van der Waals surface area contributed by atoms with E-state index >= 15 is 0 Å². The average molecular weight is 248 g/mol. The predicted molar refractivity (Wildman–Crippen MR) is 74.8 cm³/mol. The highest BCUT2D eigenvalue weighted by molar-refractivity contribution is 5.78. The molecule has 98 valence electrons. The number of aromatic nitrogens is 2. The lowest BCUT2D eigenvalue weighted by atomic mass is 10.3. The number of imidazole rings is 1. The lowest BCUT2D eigenvalue weighted by Crippen LogP contribution is -2.30. The van der Waals surface area contributed by atoms with Gasteiger partial charge in [-0.1, -0.05) is 13.8 Å². The van der Waals surface area contributed by atoms with Gasteiger partial charge in [-0.25, -0.2) is 4.79 Å². The largest absolute Gasteiger partial charge is 0.399 e. The lowest BCUT2D eigenvalue weighted by molar-refractivity contribution is 0.291. The molecular weight excluding hydrogens is 228 g/mol. The molecule has 0 aliphatic rings. The molecule has 0 aliphatic carbocycles. The van der Waals surface area contributed by atoms with Crippen LogP contribution in [-0.2, 0) is 6.54 Å². The Kier molecular flexibility index (Phi) is 3.72. The van der Waals surface area contributed by atoms with Crippen molar-refractivity contribution in [2.75, 3.05) is 25.4 Å². The third-order valence-corrected chi connectivity index (χ3v) is 3.33. The Balaban J connectivity index is 2.29. The van der Waals surface area contributed by atoms with Crippen LogP contribution in [0.3, 0.4) is 0 Å². The first-order valence-corrected chi connectivity index (χ1v) is 6.36. The molecule has 0 bridgehead atoms. The minimum absolute atomic E-state index is 0.0669. The van der Waals surface area contributed by atoms with Gasteiger partial charge >= 0.3 is 5.69 Å². The summed E-state index contributed by atoms with van der Waals surface area (Å²) in [7, 11) is 0. The number of nitrogen functional groups attached to an aromatic ring is 1. The predicted octanol–water partition coefficient (Wildman–Crippen LogP) is 1.25. The fraction of sp³-hybridized carbons (Fsp3) is 0.462. The first-order valence-electron chi connectivity index (χ1n) is 6.36. The number of likely N-dealkylation sites (N-methyl/N-ethyl adjacent to an activating group) is 1. The molecule has 0 amide bonds. The van der Waals surface area contributed by atoms with Crippen LogP contribution in [0.1, 0.15) is 13.8 Å². The molecule has 0 radical (unpaired) electrons. The normalized spacial score (nSPS) is 11.5. The van der Waals surface area contributed by atoms with Gasteiger partial charge in [0.15, 0.2) is 0 Å². The van der Waals surface area contributed by atoms with E-state index in [0.717, 1.165) is 30.7 Å². The molecule has 5 nitrogen and oxygen atoms in total. The second kappa shape index (κ2) is 5.27. The second-order valence-corrected chi connectivity index (χ2v) is 4.39. The summed E-state index contributed by atoms with van der Waals surface area (Å²) in [5, 5.41) is 0. The number of rotatable bonds is 5. The first-order chi connectivity index (χ1) is 8.65. The van der Waals surface area contributed by atoms with Crippen LogP contribution in [0.25, 0.3) is 11.0 Å². The number of aromatic amines is 1. The molecule has 1 heterocycles.